The molecule has 35 heavy (non-hydrogen) atoms. The lowest BCUT2D eigenvalue weighted by atomic mass is 10.1. The molecule has 4 rings (SSSR count). The van der Waals surface area contributed by atoms with Crippen LogP contribution in [0.2, 0.25) is 0 Å². The number of esters is 1. The number of fused-ring (bicyclic) bond motifs is 1. The lowest BCUT2D eigenvalue weighted by Crippen LogP contribution is -2.42. The Bertz CT molecular complexity index is 1260. The number of amides is 1. The Morgan fingerprint density at radius 1 is 1.23 bits per heavy atom. The van der Waals surface area contributed by atoms with Gasteiger partial charge in [-0.25, -0.2) is 4.99 Å². The highest BCUT2D eigenvalue weighted by molar-refractivity contribution is 5.98. The van der Waals surface area contributed by atoms with Gasteiger partial charge in [0.25, 0.3) is 0 Å². The molecule has 1 fully saturated rings. The van der Waals surface area contributed by atoms with E-state index in [1.165, 1.54) is 4.90 Å². The number of guanidine groups is 1. The molecule has 1 atom stereocenters. The maximum atomic E-state index is 13.2. The number of aliphatic imine (C=N–C) groups is 1. The van der Waals surface area contributed by atoms with Gasteiger partial charge < -0.3 is 19.4 Å². The van der Waals surface area contributed by atoms with Crippen LogP contribution in [0.4, 0.5) is 5.69 Å². The average Bonchev–Trinajstić information content (AvgIpc) is 3.14. The van der Waals surface area contributed by atoms with Gasteiger partial charge in [-0.2, -0.15) is 5.26 Å². The van der Waals surface area contributed by atoms with E-state index >= 15 is 0 Å². The molecule has 1 saturated heterocycles. The highest BCUT2D eigenvalue weighted by Gasteiger charge is 2.29. The van der Waals surface area contributed by atoms with Gasteiger partial charge in [-0.05, 0) is 56.0 Å². The Balaban J connectivity index is 1.43. The molecule has 1 unspecified atom stereocenters. The van der Waals surface area contributed by atoms with E-state index in [0.717, 1.165) is 35.1 Å². The van der Waals surface area contributed by atoms with Gasteiger partial charge in [0.05, 0.1) is 0 Å². The minimum absolute atomic E-state index is 0.136. The van der Waals surface area contributed by atoms with Crippen LogP contribution in [0.3, 0.4) is 0 Å². The van der Waals surface area contributed by atoms with Gasteiger partial charge in [-0.1, -0.05) is 30.3 Å². The first-order chi connectivity index (χ1) is 17.0. The third kappa shape index (κ3) is 6.38. The van der Waals surface area contributed by atoms with E-state index in [2.05, 4.69) is 15.6 Å². The number of ether oxygens (including phenoxy) is 1. The number of furan rings is 1. The summed E-state index contributed by atoms with van der Waals surface area (Å²) in [4.78, 5) is 31.6. The third-order valence-electron chi connectivity index (χ3n) is 5.68. The second-order valence-corrected chi connectivity index (χ2v) is 8.37. The second-order valence-electron chi connectivity index (χ2n) is 8.37. The Labute approximate surface area is 203 Å². The van der Waals surface area contributed by atoms with Crippen molar-refractivity contribution in [3.8, 4) is 6.19 Å². The topological polar surface area (TPSA) is 120 Å². The number of nitrogens with zero attached hydrogens (tertiary/aromatic N) is 3. The molecule has 9 nitrogen and oxygen atoms in total. The Hall–Kier alpha value is -4.32. The number of carbonyl (C=O) groups excluding carboxylic acids is 2. The van der Waals surface area contributed by atoms with E-state index in [4.69, 9.17) is 9.15 Å². The summed E-state index contributed by atoms with van der Waals surface area (Å²) in [7, 11) is 0. The molecule has 1 amide bonds. The minimum Gasteiger partial charge on any atom is -0.461 e. The molecule has 0 saturated carbocycles. The number of hydrogen-bond donors (Lipinski definition) is 2. The Morgan fingerprint density at radius 2 is 2.06 bits per heavy atom. The van der Waals surface area contributed by atoms with E-state index in [1.54, 1.807) is 0 Å². The molecule has 9 heteroatoms. The molecule has 0 spiro atoms. The number of nitriles is 1. The lowest BCUT2D eigenvalue weighted by Gasteiger charge is -2.22. The maximum Gasteiger partial charge on any atom is 0.325 e. The minimum atomic E-state index is -0.720. The molecular formula is C26H27N5O4. The van der Waals surface area contributed by atoms with Gasteiger partial charge in [0.2, 0.25) is 11.9 Å². The summed E-state index contributed by atoms with van der Waals surface area (Å²) in [6.45, 7) is 2.35. The van der Waals surface area contributed by atoms with Crippen molar-refractivity contribution in [2.75, 3.05) is 18.4 Å². The molecule has 1 aromatic heterocycles. The second kappa shape index (κ2) is 11.2. The normalized spacial score (nSPS) is 16.5. The number of anilines is 1. The Morgan fingerprint density at radius 3 is 2.86 bits per heavy atom. The molecule has 2 aromatic carbocycles. The number of benzene rings is 2. The van der Waals surface area contributed by atoms with Gasteiger partial charge in [0, 0.05) is 17.6 Å². The van der Waals surface area contributed by atoms with Crippen LogP contribution < -0.4 is 10.6 Å². The van der Waals surface area contributed by atoms with E-state index in [-0.39, 0.29) is 25.0 Å². The zero-order valence-corrected chi connectivity index (χ0v) is 19.5. The summed E-state index contributed by atoms with van der Waals surface area (Å²) < 4.78 is 10.9. The van der Waals surface area contributed by atoms with Crippen molar-refractivity contribution < 1.29 is 18.7 Å². The smallest absolute Gasteiger partial charge is 0.325 e. The molecule has 0 radical (unpaired) electrons. The molecule has 1 aliphatic rings. The van der Waals surface area contributed by atoms with Crippen LogP contribution in [0.15, 0.2) is 64.0 Å². The number of rotatable bonds is 6. The predicted octanol–water partition coefficient (Wildman–Crippen LogP) is 3.70. The van der Waals surface area contributed by atoms with Gasteiger partial charge in [0.15, 0.2) is 6.19 Å². The number of hydrogen-bond acceptors (Lipinski definition) is 6. The largest absolute Gasteiger partial charge is 0.461 e. The zero-order chi connectivity index (χ0) is 24.6. The molecule has 2 heterocycles. The van der Waals surface area contributed by atoms with Crippen molar-refractivity contribution in [3.05, 3.63) is 65.9 Å². The van der Waals surface area contributed by atoms with Crippen LogP contribution >= 0.6 is 0 Å². The fourth-order valence-corrected chi connectivity index (χ4v) is 4.00. The van der Waals surface area contributed by atoms with E-state index in [1.807, 2.05) is 67.7 Å². The first kappa shape index (κ1) is 23.8. The summed E-state index contributed by atoms with van der Waals surface area (Å²) in [6, 6.07) is 16.1. The van der Waals surface area contributed by atoms with E-state index in [0.29, 0.717) is 18.7 Å². The van der Waals surface area contributed by atoms with Crippen molar-refractivity contribution >= 4 is 34.5 Å². The number of nitrogens with one attached hydrogen (secondary N) is 2. The third-order valence-corrected chi connectivity index (χ3v) is 5.68. The van der Waals surface area contributed by atoms with E-state index < -0.39 is 12.0 Å². The van der Waals surface area contributed by atoms with Gasteiger partial charge >= 0.3 is 5.97 Å². The SMILES string of the molecule is Cc1cc2cc(NC(=NC3CCCCN(CC(=O)OCc4ccccc4)C3=O)NC#N)ccc2o1. The molecule has 3 aromatic rings. The first-order valence-corrected chi connectivity index (χ1v) is 11.5. The number of likely N-dealkylation sites (tertiary alicyclic amines) is 1. The van der Waals surface area contributed by atoms with Crippen LogP contribution in [0.25, 0.3) is 11.0 Å². The summed E-state index contributed by atoms with van der Waals surface area (Å²) in [6.07, 6.45) is 3.92. The highest BCUT2D eigenvalue weighted by atomic mass is 16.5. The summed E-state index contributed by atoms with van der Waals surface area (Å²) in [5.74, 6) is 0.231. The quantitative estimate of drug-likeness (QED) is 0.184. The standard InChI is InChI=1S/C26H27N5O4/c1-18-13-20-14-21(10-11-23(20)35-18)29-26(28-17-27)30-22-9-5-6-12-31(25(22)33)15-24(32)34-16-19-7-3-2-4-8-19/h2-4,7-8,10-11,13-14,22H,5-6,9,12,15-16H2,1H3,(H2,28,29,30). The zero-order valence-electron chi connectivity index (χ0n) is 19.5. The summed E-state index contributed by atoms with van der Waals surface area (Å²) in [5, 5.41) is 15.7. The number of carbonyl (C=O) groups is 2. The predicted molar refractivity (Wildman–Crippen MR) is 131 cm³/mol. The Kier molecular flexibility index (Phi) is 7.63. The van der Waals surface area contributed by atoms with Crippen molar-refractivity contribution in [2.24, 2.45) is 4.99 Å². The van der Waals surface area contributed by atoms with Crippen LogP contribution in [-0.4, -0.2) is 41.9 Å². The van der Waals surface area contributed by atoms with Crippen molar-refractivity contribution in [2.45, 2.75) is 38.8 Å². The molecule has 1 aliphatic heterocycles. The fourth-order valence-electron chi connectivity index (χ4n) is 4.00. The van der Waals surface area contributed by atoms with Crippen LogP contribution in [0.1, 0.15) is 30.6 Å². The molecule has 0 bridgehead atoms. The van der Waals surface area contributed by atoms with Gasteiger partial charge in [-0.15, -0.1) is 0 Å². The summed E-state index contributed by atoms with van der Waals surface area (Å²) in [5.41, 5.74) is 2.34. The summed E-state index contributed by atoms with van der Waals surface area (Å²) >= 11 is 0. The fraction of sp³-hybridized carbons (Fsp3) is 0.308. The van der Waals surface area contributed by atoms with E-state index in [9.17, 15) is 14.9 Å². The first-order valence-electron chi connectivity index (χ1n) is 11.5. The van der Waals surface area contributed by atoms with Crippen molar-refractivity contribution in [1.29, 1.82) is 5.26 Å². The van der Waals surface area contributed by atoms with Crippen LogP contribution in [0.5, 0.6) is 0 Å². The van der Waals surface area contributed by atoms with Crippen LogP contribution in [-0.2, 0) is 20.9 Å². The van der Waals surface area contributed by atoms with Gasteiger partial charge in [0.1, 0.15) is 30.5 Å². The monoisotopic (exact) mass is 473 g/mol. The highest BCUT2D eigenvalue weighted by Crippen LogP contribution is 2.23. The molecule has 2 N–H and O–H groups in total. The average molecular weight is 474 g/mol. The molecular weight excluding hydrogens is 446 g/mol. The number of aryl methyl sites for hydroxylation is 1. The van der Waals surface area contributed by atoms with Crippen LogP contribution in [0, 0.1) is 18.4 Å². The van der Waals surface area contributed by atoms with Crippen molar-refractivity contribution in [1.82, 2.24) is 10.2 Å². The molecule has 0 aliphatic carbocycles. The van der Waals surface area contributed by atoms with Gasteiger partial charge in [-0.3, -0.25) is 14.9 Å². The lowest BCUT2D eigenvalue weighted by molar-refractivity contribution is -0.150. The maximum absolute atomic E-state index is 13.2. The molecule has 180 valence electrons. The van der Waals surface area contributed by atoms with Crippen molar-refractivity contribution in [3.63, 3.8) is 0 Å².